The monoisotopic (exact) mass is 525 g/mol. The predicted octanol–water partition coefficient (Wildman–Crippen LogP) is 6.25. The number of benzene rings is 3. The van der Waals surface area contributed by atoms with Crippen LogP contribution < -0.4 is 16.0 Å². The van der Waals surface area contributed by atoms with E-state index in [9.17, 15) is 4.79 Å². The molecule has 3 N–H and O–H groups in total. The average Bonchev–Trinajstić information content (AvgIpc) is 3.04. The third-order valence-corrected chi connectivity index (χ3v) is 8.20. The SMILES string of the molecule is O=C(c1ccccc1)C1CCNCC1.c1ccc(C2CCNCC2)cc1.c1ccc(CC2CCNCC2)cc1. The standard InChI is InChI=1S/C12H15NO.C12H17N.C11H15N/c14-12(10-4-2-1-3-5-10)11-6-8-13-9-7-11;1-2-4-11(5-3-1)10-12-6-8-13-9-7-12;1-2-4-10(5-3-1)11-6-8-12-9-7-11/h1-5,11,13H,6-9H2;1-5,12-13H,6-10H2;1-5,11-12H,6-9H2. The lowest BCUT2D eigenvalue weighted by molar-refractivity contribution is 0.0895. The van der Waals surface area contributed by atoms with Crippen LogP contribution in [0, 0.1) is 11.8 Å². The molecule has 4 nitrogen and oxygen atoms in total. The highest BCUT2D eigenvalue weighted by atomic mass is 16.1. The molecule has 3 aromatic rings. The molecular weight excluding hydrogens is 478 g/mol. The molecule has 3 heterocycles. The summed E-state index contributed by atoms with van der Waals surface area (Å²) < 4.78 is 0. The first-order valence-electron chi connectivity index (χ1n) is 15.1. The number of piperidine rings is 3. The topological polar surface area (TPSA) is 53.2 Å². The molecule has 0 radical (unpaired) electrons. The van der Waals surface area contributed by atoms with Crippen LogP contribution in [0.15, 0.2) is 91.0 Å². The van der Waals surface area contributed by atoms with Crippen molar-refractivity contribution in [2.24, 2.45) is 11.8 Å². The molecule has 0 aromatic heterocycles. The van der Waals surface area contributed by atoms with E-state index >= 15 is 0 Å². The van der Waals surface area contributed by atoms with Crippen LogP contribution in [0.4, 0.5) is 0 Å². The Morgan fingerprint density at radius 3 is 1.59 bits per heavy atom. The van der Waals surface area contributed by atoms with Gasteiger partial charge in [-0.15, -0.1) is 0 Å². The second-order valence-corrected chi connectivity index (χ2v) is 11.1. The second-order valence-electron chi connectivity index (χ2n) is 11.1. The molecule has 0 saturated carbocycles. The molecule has 0 amide bonds. The quantitative estimate of drug-likeness (QED) is 0.345. The van der Waals surface area contributed by atoms with E-state index in [0.717, 1.165) is 43.3 Å². The fraction of sp³-hybridized carbons (Fsp3) is 0.457. The summed E-state index contributed by atoms with van der Waals surface area (Å²) in [6, 6.07) is 31.3. The van der Waals surface area contributed by atoms with E-state index in [0.29, 0.717) is 5.78 Å². The van der Waals surface area contributed by atoms with Crippen LogP contribution in [-0.4, -0.2) is 45.1 Å². The van der Waals surface area contributed by atoms with E-state index < -0.39 is 0 Å². The summed E-state index contributed by atoms with van der Waals surface area (Å²) in [6.45, 7) is 6.72. The van der Waals surface area contributed by atoms with Gasteiger partial charge in [-0.2, -0.15) is 0 Å². The van der Waals surface area contributed by atoms with Gasteiger partial charge in [0.1, 0.15) is 0 Å². The number of hydrogen-bond acceptors (Lipinski definition) is 4. The summed E-state index contributed by atoms with van der Waals surface area (Å²) in [7, 11) is 0. The third-order valence-electron chi connectivity index (χ3n) is 8.20. The molecule has 0 aliphatic carbocycles. The molecule has 3 fully saturated rings. The summed E-state index contributed by atoms with van der Waals surface area (Å²) in [4.78, 5) is 12.0. The van der Waals surface area contributed by atoms with Crippen LogP contribution >= 0.6 is 0 Å². The van der Waals surface area contributed by atoms with Crippen LogP contribution in [0.1, 0.15) is 65.9 Å². The molecule has 0 unspecified atom stereocenters. The Balaban J connectivity index is 0.000000136. The maximum atomic E-state index is 12.0. The molecule has 3 aliphatic rings. The molecule has 3 aliphatic heterocycles. The van der Waals surface area contributed by atoms with Gasteiger partial charge < -0.3 is 16.0 Å². The van der Waals surface area contributed by atoms with Crippen LogP contribution in [0.5, 0.6) is 0 Å². The van der Waals surface area contributed by atoms with Crippen molar-refractivity contribution < 1.29 is 4.79 Å². The Bertz CT molecular complexity index is 1040. The summed E-state index contributed by atoms with van der Waals surface area (Å²) in [6.07, 6.45) is 8.50. The van der Waals surface area contributed by atoms with Gasteiger partial charge in [-0.25, -0.2) is 0 Å². The Hall–Kier alpha value is -2.79. The normalized spacial score (nSPS) is 18.7. The van der Waals surface area contributed by atoms with Crippen LogP contribution in [0.25, 0.3) is 0 Å². The Morgan fingerprint density at radius 1 is 0.564 bits per heavy atom. The van der Waals surface area contributed by atoms with Crippen molar-refractivity contribution in [3.8, 4) is 0 Å². The predicted molar refractivity (Wildman–Crippen MR) is 163 cm³/mol. The lowest BCUT2D eigenvalue weighted by Crippen LogP contribution is -2.31. The molecule has 4 heteroatoms. The van der Waals surface area contributed by atoms with Crippen molar-refractivity contribution in [3.63, 3.8) is 0 Å². The first kappa shape index (κ1) is 29.2. The molecule has 3 aromatic carbocycles. The van der Waals surface area contributed by atoms with Gasteiger partial charge in [0.05, 0.1) is 0 Å². The fourth-order valence-electron chi connectivity index (χ4n) is 5.84. The fourth-order valence-corrected chi connectivity index (χ4v) is 5.84. The van der Waals surface area contributed by atoms with E-state index in [-0.39, 0.29) is 5.92 Å². The number of carbonyl (C=O) groups excluding carboxylic acids is 1. The van der Waals surface area contributed by atoms with E-state index in [1.807, 2.05) is 30.3 Å². The lowest BCUT2D eigenvalue weighted by Gasteiger charge is -2.22. The number of rotatable bonds is 5. The van der Waals surface area contributed by atoms with Gasteiger partial charge in [-0.3, -0.25) is 4.79 Å². The van der Waals surface area contributed by atoms with Crippen molar-refractivity contribution in [3.05, 3.63) is 108 Å². The minimum absolute atomic E-state index is 0.235. The number of hydrogen-bond donors (Lipinski definition) is 3. The van der Waals surface area contributed by atoms with Gasteiger partial charge in [-0.1, -0.05) is 91.0 Å². The van der Waals surface area contributed by atoms with Crippen molar-refractivity contribution in [2.45, 2.75) is 50.9 Å². The van der Waals surface area contributed by atoms with E-state index in [2.05, 4.69) is 76.6 Å². The maximum Gasteiger partial charge on any atom is 0.166 e. The zero-order valence-electron chi connectivity index (χ0n) is 23.5. The molecule has 0 atom stereocenters. The number of nitrogens with one attached hydrogen (secondary N) is 3. The highest BCUT2D eigenvalue weighted by Crippen LogP contribution is 2.24. The first-order chi connectivity index (χ1) is 19.3. The molecule has 6 rings (SSSR count). The molecule has 3 saturated heterocycles. The minimum atomic E-state index is 0.235. The summed E-state index contributed by atoms with van der Waals surface area (Å²) >= 11 is 0. The Labute approximate surface area is 236 Å². The Morgan fingerprint density at radius 2 is 1.03 bits per heavy atom. The second kappa shape index (κ2) is 17.0. The van der Waals surface area contributed by atoms with E-state index in [1.165, 1.54) is 69.4 Å². The third kappa shape index (κ3) is 10.4. The van der Waals surface area contributed by atoms with Crippen LogP contribution in [0.2, 0.25) is 0 Å². The Kier molecular flexibility index (Phi) is 12.7. The van der Waals surface area contributed by atoms with E-state index in [1.54, 1.807) is 0 Å². The highest BCUT2D eigenvalue weighted by molar-refractivity contribution is 5.97. The van der Waals surface area contributed by atoms with Gasteiger partial charge in [0, 0.05) is 11.5 Å². The largest absolute Gasteiger partial charge is 0.317 e. The molecule has 0 bridgehead atoms. The van der Waals surface area contributed by atoms with E-state index in [4.69, 9.17) is 0 Å². The highest BCUT2D eigenvalue weighted by Gasteiger charge is 2.21. The average molecular weight is 526 g/mol. The summed E-state index contributed by atoms with van der Waals surface area (Å²) in [5, 5.41) is 10.1. The van der Waals surface area contributed by atoms with Crippen LogP contribution in [-0.2, 0) is 6.42 Å². The summed E-state index contributed by atoms with van der Waals surface area (Å²) in [5.74, 6) is 2.25. The number of Topliss-reactive ketones (excluding diaryl/α,β-unsaturated/α-hetero) is 1. The van der Waals surface area contributed by atoms with Gasteiger partial charge in [0.15, 0.2) is 5.78 Å². The van der Waals surface area contributed by atoms with Gasteiger partial charge in [0.2, 0.25) is 0 Å². The molecule has 0 spiro atoms. The van der Waals surface area contributed by atoms with Crippen LogP contribution in [0.3, 0.4) is 0 Å². The molecular formula is C35H47N3O. The van der Waals surface area contributed by atoms with Gasteiger partial charge in [-0.05, 0) is 107 Å². The smallest absolute Gasteiger partial charge is 0.166 e. The van der Waals surface area contributed by atoms with Crippen molar-refractivity contribution in [2.75, 3.05) is 39.3 Å². The minimum Gasteiger partial charge on any atom is -0.317 e. The maximum absolute atomic E-state index is 12.0. The van der Waals surface area contributed by atoms with Crippen molar-refractivity contribution in [1.29, 1.82) is 0 Å². The number of carbonyl (C=O) groups is 1. The zero-order chi connectivity index (χ0) is 27.0. The van der Waals surface area contributed by atoms with Gasteiger partial charge in [0.25, 0.3) is 0 Å². The van der Waals surface area contributed by atoms with Crippen molar-refractivity contribution >= 4 is 5.78 Å². The molecule has 208 valence electrons. The first-order valence-corrected chi connectivity index (χ1v) is 15.1. The lowest BCUT2D eigenvalue weighted by atomic mass is 9.90. The zero-order valence-corrected chi connectivity index (χ0v) is 23.5. The summed E-state index contributed by atoms with van der Waals surface area (Å²) in [5.41, 5.74) is 3.87. The molecule has 39 heavy (non-hydrogen) atoms. The van der Waals surface area contributed by atoms with Gasteiger partial charge >= 0.3 is 0 Å². The van der Waals surface area contributed by atoms with Crippen molar-refractivity contribution in [1.82, 2.24) is 16.0 Å². The number of ketones is 1.